The van der Waals surface area contributed by atoms with Crippen molar-refractivity contribution < 1.29 is 9.18 Å². The summed E-state index contributed by atoms with van der Waals surface area (Å²) in [5.41, 5.74) is 7.14. The van der Waals surface area contributed by atoms with Gasteiger partial charge in [0.25, 0.3) is 11.5 Å². The Labute approximate surface area is 226 Å². The average molecular weight is 529 g/mol. The topological polar surface area (TPSA) is 87.9 Å². The summed E-state index contributed by atoms with van der Waals surface area (Å²) in [6.07, 6.45) is 4.21. The average Bonchev–Trinajstić information content (AvgIpc) is 3.53. The molecule has 1 aromatic carbocycles. The van der Waals surface area contributed by atoms with Crippen LogP contribution in [0.4, 0.5) is 21.6 Å². The van der Waals surface area contributed by atoms with Gasteiger partial charge in [-0.15, -0.1) is 0 Å². The molecule has 0 unspecified atom stereocenters. The number of nitrogens with zero attached hydrogens (tertiary/aromatic N) is 4. The molecular formula is C30H33FN6O2. The number of anilines is 3. The summed E-state index contributed by atoms with van der Waals surface area (Å²) >= 11 is 0. The number of rotatable bonds is 5. The number of carbonyl (C=O) groups excluding carboxylic acids is 1. The van der Waals surface area contributed by atoms with Gasteiger partial charge in [-0.05, 0) is 72.6 Å². The predicted molar refractivity (Wildman–Crippen MR) is 150 cm³/mol. The van der Waals surface area contributed by atoms with Gasteiger partial charge in [0.05, 0.1) is 5.69 Å². The molecule has 202 valence electrons. The number of halogens is 1. The normalized spacial score (nSPS) is 15.9. The number of hydrogen-bond donors (Lipinski definition) is 2. The van der Waals surface area contributed by atoms with Crippen LogP contribution in [0.2, 0.25) is 0 Å². The smallest absolute Gasteiger partial charge is 0.274 e. The van der Waals surface area contributed by atoms with E-state index in [1.165, 1.54) is 28.0 Å². The van der Waals surface area contributed by atoms with Crippen molar-refractivity contribution >= 4 is 23.1 Å². The maximum absolute atomic E-state index is 15.2. The third kappa shape index (κ3) is 4.26. The first-order valence-electron chi connectivity index (χ1n) is 13.4. The summed E-state index contributed by atoms with van der Waals surface area (Å²) in [7, 11) is 1.67. The lowest BCUT2D eigenvalue weighted by molar-refractivity contribution is 0.0964. The van der Waals surface area contributed by atoms with E-state index < -0.39 is 5.82 Å². The first-order chi connectivity index (χ1) is 18.5. The number of amides is 1. The van der Waals surface area contributed by atoms with Gasteiger partial charge in [0.1, 0.15) is 17.2 Å². The molecule has 9 heteroatoms. The van der Waals surface area contributed by atoms with E-state index in [-0.39, 0.29) is 16.9 Å². The number of benzene rings is 1. The van der Waals surface area contributed by atoms with Crippen LogP contribution in [-0.4, -0.2) is 31.8 Å². The van der Waals surface area contributed by atoms with Gasteiger partial charge in [0, 0.05) is 49.4 Å². The Kier molecular flexibility index (Phi) is 5.78. The Balaban J connectivity index is 1.41. The number of carbonyl (C=O) groups is 1. The summed E-state index contributed by atoms with van der Waals surface area (Å²) in [5.74, 6) is -0.00693. The molecule has 0 radical (unpaired) electrons. The summed E-state index contributed by atoms with van der Waals surface area (Å²) in [6, 6.07) is 8.51. The van der Waals surface area contributed by atoms with Crippen LogP contribution in [0.5, 0.6) is 0 Å². The minimum absolute atomic E-state index is 0.101. The van der Waals surface area contributed by atoms with Gasteiger partial charge in [-0.1, -0.05) is 20.8 Å². The van der Waals surface area contributed by atoms with Gasteiger partial charge in [-0.2, -0.15) is 5.10 Å². The van der Waals surface area contributed by atoms with Gasteiger partial charge >= 0.3 is 0 Å². The van der Waals surface area contributed by atoms with E-state index in [0.29, 0.717) is 53.5 Å². The molecule has 4 heterocycles. The van der Waals surface area contributed by atoms with Crippen LogP contribution in [0.3, 0.4) is 0 Å². The first-order valence-corrected chi connectivity index (χ1v) is 13.4. The van der Waals surface area contributed by atoms with E-state index in [1.807, 2.05) is 19.9 Å². The van der Waals surface area contributed by atoms with Crippen molar-refractivity contribution in [3.63, 3.8) is 0 Å². The molecule has 3 aromatic heterocycles. The monoisotopic (exact) mass is 528 g/mol. The molecule has 1 amide bonds. The molecule has 0 saturated carbocycles. The molecule has 0 spiro atoms. The molecular weight excluding hydrogens is 495 g/mol. The molecule has 0 atom stereocenters. The highest BCUT2D eigenvalue weighted by Crippen LogP contribution is 2.41. The van der Waals surface area contributed by atoms with Crippen LogP contribution in [0.1, 0.15) is 53.8 Å². The van der Waals surface area contributed by atoms with Crippen LogP contribution in [0.25, 0.3) is 11.1 Å². The number of hydrogen-bond acceptors (Lipinski definition) is 4. The van der Waals surface area contributed by atoms with Gasteiger partial charge in [0.2, 0.25) is 0 Å². The number of aryl methyl sites for hydroxylation is 2. The highest BCUT2D eigenvalue weighted by molar-refractivity contribution is 6.07. The highest BCUT2D eigenvalue weighted by atomic mass is 19.1. The second-order valence-corrected chi connectivity index (χ2v) is 11.6. The van der Waals surface area contributed by atoms with E-state index in [1.54, 1.807) is 30.3 Å². The molecule has 39 heavy (non-hydrogen) atoms. The molecule has 2 N–H and O–H groups in total. The Morgan fingerprint density at radius 3 is 2.62 bits per heavy atom. The fourth-order valence-corrected chi connectivity index (χ4v) is 6.20. The summed E-state index contributed by atoms with van der Waals surface area (Å²) in [5, 5.41) is 10.1. The Bertz CT molecular complexity index is 1690. The zero-order chi connectivity index (χ0) is 27.6. The third-order valence-corrected chi connectivity index (χ3v) is 7.92. The molecule has 0 bridgehead atoms. The highest BCUT2D eigenvalue weighted by Gasteiger charge is 2.37. The SMILES string of the molecule is CCc1c(-c2cc(Nc3cc(C)[nH]n3)c(=O)n(C)c2)cc(F)cc1N1CCn2c(cc3c2CC(C)(C)C3)C1=O. The van der Waals surface area contributed by atoms with Crippen LogP contribution in [-0.2, 0) is 32.9 Å². The largest absolute Gasteiger partial charge is 0.339 e. The maximum atomic E-state index is 15.2. The van der Waals surface area contributed by atoms with Crippen LogP contribution in [0.15, 0.2) is 41.3 Å². The van der Waals surface area contributed by atoms with Gasteiger partial charge in [0.15, 0.2) is 5.82 Å². The number of nitrogens with one attached hydrogen (secondary N) is 2. The van der Waals surface area contributed by atoms with Crippen LogP contribution >= 0.6 is 0 Å². The molecule has 6 rings (SSSR count). The van der Waals surface area contributed by atoms with Crippen molar-refractivity contribution in [3.8, 4) is 11.1 Å². The first kappa shape index (κ1) is 25.2. The zero-order valence-electron chi connectivity index (χ0n) is 23.0. The predicted octanol–water partition coefficient (Wildman–Crippen LogP) is 5.12. The molecule has 1 aliphatic heterocycles. The lowest BCUT2D eigenvalue weighted by Crippen LogP contribution is -2.41. The Morgan fingerprint density at radius 2 is 1.90 bits per heavy atom. The van der Waals surface area contributed by atoms with Crippen molar-refractivity contribution in [3.05, 3.63) is 80.9 Å². The summed E-state index contributed by atoms with van der Waals surface area (Å²) in [4.78, 5) is 28.4. The van der Waals surface area contributed by atoms with Crippen molar-refractivity contribution in [2.24, 2.45) is 12.5 Å². The number of H-pyrrole nitrogens is 1. The number of fused-ring (bicyclic) bond motifs is 3. The van der Waals surface area contributed by atoms with E-state index in [2.05, 4.69) is 33.9 Å². The standard InChI is InChI=1S/C30H33FN6O2/c1-6-21-22(19-10-23(28(38)35(5)16-19)32-27-9-17(2)33-34-27)12-20(31)13-24(21)37-8-7-36-25(29(37)39)11-18-14-30(3,4)15-26(18)36/h9-13,16H,6-8,14-15H2,1-5H3,(H2,32,33,34). The van der Waals surface area contributed by atoms with Gasteiger partial charge in [-0.25, -0.2) is 4.39 Å². The fourth-order valence-electron chi connectivity index (χ4n) is 6.20. The molecule has 0 saturated heterocycles. The Hall–Kier alpha value is -4.14. The molecule has 0 fully saturated rings. The minimum atomic E-state index is -0.429. The zero-order valence-corrected chi connectivity index (χ0v) is 23.0. The van der Waals surface area contributed by atoms with E-state index in [4.69, 9.17) is 0 Å². The summed E-state index contributed by atoms with van der Waals surface area (Å²) in [6.45, 7) is 9.55. The van der Waals surface area contributed by atoms with Gasteiger partial charge < -0.3 is 19.4 Å². The second-order valence-electron chi connectivity index (χ2n) is 11.6. The lowest BCUT2D eigenvalue weighted by atomic mass is 9.90. The molecule has 1 aliphatic carbocycles. The summed E-state index contributed by atoms with van der Waals surface area (Å²) < 4.78 is 18.9. The lowest BCUT2D eigenvalue weighted by Gasteiger charge is -2.32. The third-order valence-electron chi connectivity index (χ3n) is 7.92. The molecule has 2 aliphatic rings. The van der Waals surface area contributed by atoms with Crippen LogP contribution in [0, 0.1) is 18.2 Å². The maximum Gasteiger partial charge on any atom is 0.274 e. The Morgan fingerprint density at radius 1 is 1.10 bits per heavy atom. The number of aromatic amines is 1. The van der Waals surface area contributed by atoms with Crippen LogP contribution < -0.4 is 15.8 Å². The van der Waals surface area contributed by atoms with Crippen molar-refractivity contribution in [1.29, 1.82) is 0 Å². The number of aromatic nitrogens is 4. The second kappa shape index (κ2) is 8.97. The van der Waals surface area contributed by atoms with Crippen molar-refractivity contribution in [2.75, 3.05) is 16.8 Å². The van der Waals surface area contributed by atoms with E-state index in [0.717, 1.165) is 24.1 Å². The van der Waals surface area contributed by atoms with Crippen molar-refractivity contribution in [2.45, 2.75) is 53.5 Å². The molecule has 4 aromatic rings. The minimum Gasteiger partial charge on any atom is -0.339 e. The van der Waals surface area contributed by atoms with Crippen molar-refractivity contribution in [1.82, 2.24) is 19.3 Å². The van der Waals surface area contributed by atoms with E-state index >= 15 is 4.39 Å². The van der Waals surface area contributed by atoms with E-state index in [9.17, 15) is 9.59 Å². The molecule has 8 nitrogen and oxygen atoms in total. The number of pyridine rings is 1. The van der Waals surface area contributed by atoms with Gasteiger partial charge in [-0.3, -0.25) is 14.7 Å². The quantitative estimate of drug-likeness (QED) is 0.377. The fraction of sp³-hybridized carbons (Fsp3) is 0.367.